The fourth-order valence-electron chi connectivity index (χ4n) is 4.00. The quantitative estimate of drug-likeness (QED) is 0.297. The third-order valence-corrected chi connectivity index (χ3v) is 5.98. The average molecular weight is 400 g/mol. The molecule has 0 spiro atoms. The van der Waals surface area contributed by atoms with Crippen LogP contribution >= 0.6 is 0 Å². The van der Waals surface area contributed by atoms with Crippen molar-refractivity contribution in [1.29, 1.82) is 0 Å². The molecule has 1 aromatic heterocycles. The van der Waals surface area contributed by atoms with E-state index in [1.54, 1.807) is 0 Å². The topological polar surface area (TPSA) is 12.9 Å². The molecule has 1 heterocycles. The Bertz CT molecular complexity index is 1330. The summed E-state index contributed by atoms with van der Waals surface area (Å²) in [6.07, 6.45) is 3.04. The van der Waals surface area contributed by atoms with Crippen LogP contribution in [-0.4, -0.2) is 4.98 Å². The lowest BCUT2D eigenvalue weighted by molar-refractivity contribution is 1.14. The SMILES string of the molecule is CCc1ccc(-c2ccc3ccc(-c4ccc(-c5ccc(C)cc5)nc4)cc3c2)cc1. The molecular formula is C30H25N. The van der Waals surface area contributed by atoms with Crippen LogP contribution in [0.1, 0.15) is 18.1 Å². The second-order valence-corrected chi connectivity index (χ2v) is 8.13. The minimum absolute atomic E-state index is 1.00. The van der Waals surface area contributed by atoms with E-state index in [0.717, 1.165) is 23.2 Å². The average Bonchev–Trinajstić information content (AvgIpc) is 2.84. The van der Waals surface area contributed by atoms with Gasteiger partial charge in [-0.2, -0.15) is 0 Å². The lowest BCUT2D eigenvalue weighted by Crippen LogP contribution is -1.86. The van der Waals surface area contributed by atoms with Crippen LogP contribution in [-0.2, 0) is 6.42 Å². The zero-order chi connectivity index (χ0) is 21.2. The minimum atomic E-state index is 1.00. The molecule has 5 rings (SSSR count). The Balaban J connectivity index is 1.47. The number of rotatable bonds is 4. The Morgan fingerprint density at radius 2 is 1.13 bits per heavy atom. The number of benzene rings is 4. The molecule has 4 aromatic carbocycles. The van der Waals surface area contributed by atoms with Crippen molar-refractivity contribution in [3.8, 4) is 33.5 Å². The van der Waals surface area contributed by atoms with E-state index in [1.165, 1.54) is 38.6 Å². The van der Waals surface area contributed by atoms with Gasteiger partial charge in [-0.25, -0.2) is 0 Å². The Morgan fingerprint density at radius 1 is 0.548 bits per heavy atom. The highest BCUT2D eigenvalue weighted by molar-refractivity contribution is 5.91. The molecule has 0 bridgehead atoms. The Hall–Kier alpha value is -3.71. The molecule has 0 amide bonds. The van der Waals surface area contributed by atoms with Gasteiger partial charge in [-0.1, -0.05) is 91.3 Å². The van der Waals surface area contributed by atoms with Gasteiger partial charge in [0.05, 0.1) is 5.69 Å². The van der Waals surface area contributed by atoms with E-state index >= 15 is 0 Å². The molecule has 0 fully saturated rings. The summed E-state index contributed by atoms with van der Waals surface area (Å²) in [5.41, 5.74) is 9.61. The van der Waals surface area contributed by atoms with Crippen molar-refractivity contribution < 1.29 is 0 Å². The lowest BCUT2D eigenvalue weighted by atomic mass is 9.97. The molecule has 1 heteroatoms. The molecule has 150 valence electrons. The van der Waals surface area contributed by atoms with Gasteiger partial charge in [-0.15, -0.1) is 0 Å². The third-order valence-electron chi connectivity index (χ3n) is 5.98. The number of aromatic nitrogens is 1. The van der Waals surface area contributed by atoms with Crippen LogP contribution in [0.2, 0.25) is 0 Å². The Labute approximate surface area is 184 Å². The number of pyridine rings is 1. The highest BCUT2D eigenvalue weighted by Gasteiger charge is 2.05. The molecular weight excluding hydrogens is 374 g/mol. The van der Waals surface area contributed by atoms with E-state index in [2.05, 4.69) is 111 Å². The summed E-state index contributed by atoms with van der Waals surface area (Å²) >= 11 is 0. The molecule has 0 atom stereocenters. The lowest BCUT2D eigenvalue weighted by Gasteiger charge is -2.08. The third kappa shape index (κ3) is 4.00. The van der Waals surface area contributed by atoms with Crippen LogP contribution < -0.4 is 0 Å². The largest absolute Gasteiger partial charge is 0.256 e. The van der Waals surface area contributed by atoms with Crippen LogP contribution in [0.25, 0.3) is 44.3 Å². The van der Waals surface area contributed by atoms with E-state index < -0.39 is 0 Å². The summed E-state index contributed by atoms with van der Waals surface area (Å²) in [6, 6.07) is 35.0. The van der Waals surface area contributed by atoms with Gasteiger partial charge in [0.15, 0.2) is 0 Å². The van der Waals surface area contributed by atoms with Crippen LogP contribution in [0.3, 0.4) is 0 Å². The number of nitrogens with zero attached hydrogens (tertiary/aromatic N) is 1. The first-order chi connectivity index (χ1) is 15.2. The molecule has 31 heavy (non-hydrogen) atoms. The number of hydrogen-bond donors (Lipinski definition) is 0. The summed E-state index contributed by atoms with van der Waals surface area (Å²) in [4.78, 5) is 4.72. The first kappa shape index (κ1) is 19.3. The van der Waals surface area contributed by atoms with Crippen molar-refractivity contribution in [2.24, 2.45) is 0 Å². The highest BCUT2D eigenvalue weighted by Crippen LogP contribution is 2.29. The van der Waals surface area contributed by atoms with Crippen molar-refractivity contribution in [2.75, 3.05) is 0 Å². The van der Waals surface area contributed by atoms with Crippen molar-refractivity contribution >= 4 is 10.8 Å². The van der Waals surface area contributed by atoms with Crippen LogP contribution in [0.15, 0.2) is 103 Å². The molecule has 0 aliphatic carbocycles. The van der Waals surface area contributed by atoms with E-state index in [9.17, 15) is 0 Å². The van der Waals surface area contributed by atoms with Crippen molar-refractivity contribution in [1.82, 2.24) is 4.98 Å². The van der Waals surface area contributed by atoms with Gasteiger partial charge in [0.1, 0.15) is 0 Å². The van der Waals surface area contributed by atoms with Crippen LogP contribution in [0.5, 0.6) is 0 Å². The van der Waals surface area contributed by atoms with Gasteiger partial charge in [0, 0.05) is 17.3 Å². The summed E-state index contributed by atoms with van der Waals surface area (Å²) < 4.78 is 0. The predicted molar refractivity (Wildman–Crippen MR) is 132 cm³/mol. The Morgan fingerprint density at radius 3 is 1.74 bits per heavy atom. The second-order valence-electron chi connectivity index (χ2n) is 8.13. The maximum absolute atomic E-state index is 4.72. The van der Waals surface area contributed by atoms with Crippen molar-refractivity contribution in [3.63, 3.8) is 0 Å². The maximum atomic E-state index is 4.72. The van der Waals surface area contributed by atoms with Gasteiger partial charge in [-0.05, 0) is 64.6 Å². The molecule has 0 saturated heterocycles. The van der Waals surface area contributed by atoms with Gasteiger partial charge in [-0.3, -0.25) is 4.98 Å². The van der Waals surface area contributed by atoms with Gasteiger partial charge >= 0.3 is 0 Å². The maximum Gasteiger partial charge on any atom is 0.0702 e. The summed E-state index contributed by atoms with van der Waals surface area (Å²) in [6.45, 7) is 4.29. The van der Waals surface area contributed by atoms with Crippen molar-refractivity contribution in [3.05, 3.63) is 114 Å². The standard InChI is InChI=1S/C30H25N/c1-3-22-6-10-23(11-7-22)26-14-12-24-13-15-27(19-29(24)18-26)28-16-17-30(31-20-28)25-8-4-21(2)5-9-25/h4-20H,3H2,1-2H3. The van der Waals surface area contributed by atoms with E-state index in [4.69, 9.17) is 4.98 Å². The Kier molecular flexibility index (Phi) is 5.09. The van der Waals surface area contributed by atoms with E-state index in [1.807, 2.05) is 6.20 Å². The molecule has 0 N–H and O–H groups in total. The zero-order valence-corrected chi connectivity index (χ0v) is 18.0. The molecule has 0 radical (unpaired) electrons. The number of aryl methyl sites for hydroxylation is 2. The normalized spacial score (nSPS) is 11.0. The first-order valence-corrected chi connectivity index (χ1v) is 10.9. The van der Waals surface area contributed by atoms with Crippen molar-refractivity contribution in [2.45, 2.75) is 20.3 Å². The fourth-order valence-corrected chi connectivity index (χ4v) is 4.00. The number of hydrogen-bond acceptors (Lipinski definition) is 1. The molecule has 5 aromatic rings. The van der Waals surface area contributed by atoms with Gasteiger partial charge < -0.3 is 0 Å². The summed E-state index contributed by atoms with van der Waals surface area (Å²) in [7, 11) is 0. The van der Waals surface area contributed by atoms with Crippen LogP contribution in [0.4, 0.5) is 0 Å². The molecule has 1 nitrogen and oxygen atoms in total. The first-order valence-electron chi connectivity index (χ1n) is 10.9. The van der Waals surface area contributed by atoms with E-state index in [-0.39, 0.29) is 0 Å². The summed E-state index contributed by atoms with van der Waals surface area (Å²) in [5.74, 6) is 0. The van der Waals surface area contributed by atoms with Gasteiger partial charge in [0.2, 0.25) is 0 Å². The fraction of sp³-hybridized carbons (Fsp3) is 0.100. The van der Waals surface area contributed by atoms with Crippen LogP contribution in [0, 0.1) is 6.92 Å². The molecule has 0 saturated carbocycles. The minimum Gasteiger partial charge on any atom is -0.256 e. The molecule has 0 aliphatic heterocycles. The number of fused-ring (bicyclic) bond motifs is 1. The van der Waals surface area contributed by atoms with Gasteiger partial charge in [0.25, 0.3) is 0 Å². The second kappa shape index (κ2) is 8.20. The smallest absolute Gasteiger partial charge is 0.0702 e. The molecule has 0 aliphatic rings. The van der Waals surface area contributed by atoms with E-state index in [0.29, 0.717) is 0 Å². The molecule has 0 unspecified atom stereocenters. The monoisotopic (exact) mass is 399 g/mol. The zero-order valence-electron chi connectivity index (χ0n) is 18.0. The summed E-state index contributed by atoms with van der Waals surface area (Å²) in [5, 5.41) is 2.50. The highest BCUT2D eigenvalue weighted by atomic mass is 14.7. The predicted octanol–water partition coefficient (Wildman–Crippen LogP) is 8.11.